The van der Waals surface area contributed by atoms with E-state index in [4.69, 9.17) is 0 Å². The highest BCUT2D eigenvalue weighted by Crippen LogP contribution is 2.43. The molecule has 1 heteroatoms. The van der Waals surface area contributed by atoms with Gasteiger partial charge in [-0.15, -0.1) is 0 Å². The number of hydrogen-bond donors (Lipinski definition) is 0. The van der Waals surface area contributed by atoms with Gasteiger partial charge in [-0.05, 0) is 11.6 Å². The van der Waals surface area contributed by atoms with Gasteiger partial charge in [0.1, 0.15) is 0 Å². The van der Waals surface area contributed by atoms with Crippen LogP contribution in [0.2, 0.25) is 0 Å². The number of hydrogen-bond acceptors (Lipinski definition) is 1. The maximum atomic E-state index is 11.4. The molecule has 0 saturated heterocycles. The number of rotatable bonds is 1. The van der Waals surface area contributed by atoms with Crippen molar-refractivity contribution < 1.29 is 4.79 Å². The number of carbonyl (C=O) groups excluding carboxylic acids is 1. The molecule has 14 heavy (non-hydrogen) atoms. The average Bonchev–Trinajstić information content (AvgIpc) is 2.15. The van der Waals surface area contributed by atoms with E-state index in [0.717, 1.165) is 11.1 Å². The molecule has 1 aliphatic rings. The third-order valence-corrected chi connectivity index (χ3v) is 2.74. The average molecular weight is 186 g/mol. The number of carbonyl (C=O) groups is 1. The van der Waals surface area contributed by atoms with Crippen molar-refractivity contribution in [2.75, 3.05) is 0 Å². The minimum atomic E-state index is 0.0763. The summed E-state index contributed by atoms with van der Waals surface area (Å²) in [5.74, 6) is 0.291. The second-order valence-electron chi connectivity index (χ2n) is 4.45. The quantitative estimate of drug-likeness (QED) is 0.616. The van der Waals surface area contributed by atoms with E-state index in [9.17, 15) is 4.79 Å². The highest BCUT2D eigenvalue weighted by Gasteiger charge is 2.40. The molecular formula is C13H14O. The van der Waals surface area contributed by atoms with Crippen LogP contribution in [0, 0.1) is 5.41 Å². The van der Waals surface area contributed by atoms with Crippen LogP contribution >= 0.6 is 0 Å². The zero-order valence-electron chi connectivity index (χ0n) is 8.58. The lowest BCUT2D eigenvalue weighted by Crippen LogP contribution is -2.35. The van der Waals surface area contributed by atoms with Gasteiger partial charge in [0.2, 0.25) is 0 Å². The molecule has 0 heterocycles. The van der Waals surface area contributed by atoms with Crippen molar-refractivity contribution >= 4 is 11.9 Å². The van der Waals surface area contributed by atoms with Gasteiger partial charge in [0.25, 0.3) is 0 Å². The SMILES string of the molecule is CC1(C)CC(=O)/C1=C/c1ccccc1. The van der Waals surface area contributed by atoms with E-state index in [1.165, 1.54) is 0 Å². The summed E-state index contributed by atoms with van der Waals surface area (Å²) in [6.45, 7) is 4.23. The van der Waals surface area contributed by atoms with Crippen molar-refractivity contribution in [1.82, 2.24) is 0 Å². The normalized spacial score (nSPS) is 22.1. The lowest BCUT2D eigenvalue weighted by molar-refractivity contribution is -0.122. The van der Waals surface area contributed by atoms with Gasteiger partial charge in [-0.3, -0.25) is 4.79 Å². The molecule has 2 rings (SSSR count). The van der Waals surface area contributed by atoms with E-state index in [2.05, 4.69) is 13.8 Å². The summed E-state index contributed by atoms with van der Waals surface area (Å²) >= 11 is 0. The predicted molar refractivity (Wildman–Crippen MR) is 57.8 cm³/mol. The van der Waals surface area contributed by atoms with Crippen molar-refractivity contribution in [1.29, 1.82) is 0 Å². The fourth-order valence-corrected chi connectivity index (χ4v) is 1.85. The van der Waals surface area contributed by atoms with Crippen LogP contribution in [-0.4, -0.2) is 5.78 Å². The summed E-state index contributed by atoms with van der Waals surface area (Å²) in [7, 11) is 0. The maximum absolute atomic E-state index is 11.4. The van der Waals surface area contributed by atoms with Crippen molar-refractivity contribution in [2.45, 2.75) is 20.3 Å². The van der Waals surface area contributed by atoms with Crippen LogP contribution in [0.1, 0.15) is 25.8 Å². The van der Waals surface area contributed by atoms with Gasteiger partial charge >= 0.3 is 0 Å². The monoisotopic (exact) mass is 186 g/mol. The number of ketones is 1. The number of benzene rings is 1. The van der Waals surface area contributed by atoms with Crippen molar-refractivity contribution in [3.8, 4) is 0 Å². The Morgan fingerprint density at radius 1 is 1.21 bits per heavy atom. The topological polar surface area (TPSA) is 17.1 Å². The fourth-order valence-electron chi connectivity index (χ4n) is 1.85. The zero-order chi connectivity index (χ0) is 10.2. The van der Waals surface area contributed by atoms with Crippen LogP contribution in [0.5, 0.6) is 0 Å². The smallest absolute Gasteiger partial charge is 0.160 e. The van der Waals surface area contributed by atoms with E-state index < -0.39 is 0 Å². The third-order valence-electron chi connectivity index (χ3n) is 2.74. The molecule has 0 N–H and O–H groups in total. The first-order chi connectivity index (χ1) is 6.59. The van der Waals surface area contributed by atoms with Gasteiger partial charge < -0.3 is 0 Å². The summed E-state index contributed by atoms with van der Waals surface area (Å²) < 4.78 is 0. The van der Waals surface area contributed by atoms with E-state index >= 15 is 0 Å². The fraction of sp³-hybridized carbons (Fsp3) is 0.308. The first-order valence-corrected chi connectivity index (χ1v) is 4.90. The van der Waals surface area contributed by atoms with Crippen molar-refractivity contribution in [2.24, 2.45) is 5.41 Å². The minimum absolute atomic E-state index is 0.0763. The van der Waals surface area contributed by atoms with Crippen LogP contribution in [0.3, 0.4) is 0 Å². The van der Waals surface area contributed by atoms with E-state index in [0.29, 0.717) is 12.2 Å². The van der Waals surface area contributed by atoms with E-state index in [-0.39, 0.29) is 5.41 Å². The van der Waals surface area contributed by atoms with Crippen LogP contribution < -0.4 is 0 Å². The van der Waals surface area contributed by atoms with Crippen LogP contribution in [0.25, 0.3) is 6.08 Å². The van der Waals surface area contributed by atoms with Crippen LogP contribution in [0.15, 0.2) is 35.9 Å². The highest BCUT2D eigenvalue weighted by molar-refractivity contribution is 6.07. The van der Waals surface area contributed by atoms with Crippen LogP contribution in [0.4, 0.5) is 0 Å². The van der Waals surface area contributed by atoms with Gasteiger partial charge in [0.15, 0.2) is 5.78 Å². The highest BCUT2D eigenvalue weighted by atomic mass is 16.1. The zero-order valence-corrected chi connectivity index (χ0v) is 8.58. The van der Waals surface area contributed by atoms with E-state index in [1.54, 1.807) is 0 Å². The summed E-state index contributed by atoms with van der Waals surface area (Å²) in [6, 6.07) is 10.0. The Balaban J connectivity index is 2.32. The molecule has 1 aromatic carbocycles. The Morgan fingerprint density at radius 3 is 2.36 bits per heavy atom. The van der Waals surface area contributed by atoms with Gasteiger partial charge in [-0.25, -0.2) is 0 Å². The molecule has 1 nitrogen and oxygen atoms in total. The molecular weight excluding hydrogens is 172 g/mol. The lowest BCUT2D eigenvalue weighted by atomic mass is 9.66. The Morgan fingerprint density at radius 2 is 1.86 bits per heavy atom. The molecule has 0 spiro atoms. The van der Waals surface area contributed by atoms with Gasteiger partial charge in [-0.1, -0.05) is 44.2 Å². The molecule has 0 aliphatic heterocycles. The molecule has 0 radical (unpaired) electrons. The van der Waals surface area contributed by atoms with Crippen molar-refractivity contribution in [3.63, 3.8) is 0 Å². The van der Waals surface area contributed by atoms with Crippen LogP contribution in [-0.2, 0) is 4.79 Å². The molecule has 72 valence electrons. The Kier molecular flexibility index (Phi) is 2.03. The molecule has 0 unspecified atom stereocenters. The number of allylic oxidation sites excluding steroid dienone is 1. The molecule has 1 aromatic rings. The molecule has 0 atom stereocenters. The largest absolute Gasteiger partial charge is 0.294 e. The van der Waals surface area contributed by atoms with Gasteiger partial charge in [0.05, 0.1) is 0 Å². The second kappa shape index (κ2) is 3.09. The molecule has 1 aliphatic carbocycles. The van der Waals surface area contributed by atoms with Crippen molar-refractivity contribution in [3.05, 3.63) is 41.5 Å². The van der Waals surface area contributed by atoms with Gasteiger partial charge in [0, 0.05) is 17.4 Å². The number of Topliss-reactive ketones (excluding diaryl/α,β-unsaturated/α-hetero) is 1. The lowest BCUT2D eigenvalue weighted by Gasteiger charge is -2.36. The molecule has 1 saturated carbocycles. The summed E-state index contributed by atoms with van der Waals surface area (Å²) in [4.78, 5) is 11.4. The summed E-state index contributed by atoms with van der Waals surface area (Å²) in [5, 5.41) is 0. The molecule has 0 bridgehead atoms. The third kappa shape index (κ3) is 1.50. The Labute approximate surface area is 84.5 Å². The minimum Gasteiger partial charge on any atom is -0.294 e. The second-order valence-corrected chi connectivity index (χ2v) is 4.45. The maximum Gasteiger partial charge on any atom is 0.160 e. The Hall–Kier alpha value is -1.37. The predicted octanol–water partition coefficient (Wildman–Crippen LogP) is 3.07. The summed E-state index contributed by atoms with van der Waals surface area (Å²) in [5.41, 5.74) is 2.15. The summed E-state index contributed by atoms with van der Waals surface area (Å²) in [6.07, 6.45) is 2.69. The molecule has 1 fully saturated rings. The first-order valence-electron chi connectivity index (χ1n) is 4.90. The van der Waals surface area contributed by atoms with Gasteiger partial charge in [-0.2, -0.15) is 0 Å². The standard InChI is InChI=1S/C13H14O/c1-13(2)9-12(14)11(13)8-10-6-4-3-5-7-10/h3-8H,9H2,1-2H3/b11-8-. The molecule has 0 aromatic heterocycles. The molecule has 0 amide bonds. The van der Waals surface area contributed by atoms with E-state index in [1.807, 2.05) is 36.4 Å². The Bertz CT molecular complexity index is 385. The first kappa shape index (κ1) is 9.20.